The average Bonchev–Trinajstić information content (AvgIpc) is 2.10. The van der Waals surface area contributed by atoms with Crippen molar-refractivity contribution in [3.63, 3.8) is 0 Å². The van der Waals surface area contributed by atoms with Crippen molar-refractivity contribution in [2.75, 3.05) is 0 Å². The van der Waals surface area contributed by atoms with Gasteiger partial charge in [0.2, 0.25) is 0 Å². The fourth-order valence-electron chi connectivity index (χ4n) is 1.01. The predicted molar refractivity (Wildman–Crippen MR) is 54.4 cm³/mol. The van der Waals surface area contributed by atoms with Crippen LogP contribution < -0.4 is 0 Å². The Balaban J connectivity index is 3.15. The van der Waals surface area contributed by atoms with Gasteiger partial charge in [-0.1, -0.05) is 18.5 Å². The summed E-state index contributed by atoms with van der Waals surface area (Å²) in [6, 6.07) is 2.70. The molecule has 1 N–H and O–H groups in total. The first-order valence-corrected chi connectivity index (χ1v) is 5.05. The van der Waals surface area contributed by atoms with Crippen LogP contribution in [-0.4, -0.2) is 5.11 Å². The molecule has 1 nitrogen and oxygen atoms in total. The normalized spacial score (nSPS) is 13.0. The topological polar surface area (TPSA) is 20.2 Å². The predicted octanol–water partition coefficient (Wildman–Crippen LogP) is 3.69. The number of benzene rings is 1. The summed E-state index contributed by atoms with van der Waals surface area (Å²) < 4.78 is 13.2. The van der Waals surface area contributed by atoms with Crippen LogP contribution in [0.1, 0.15) is 25.0 Å². The van der Waals surface area contributed by atoms with Gasteiger partial charge in [0.05, 0.1) is 10.6 Å². The molecule has 0 fully saturated rings. The zero-order valence-corrected chi connectivity index (χ0v) is 9.36. The van der Waals surface area contributed by atoms with Crippen molar-refractivity contribution in [3.8, 4) is 0 Å². The van der Waals surface area contributed by atoms with E-state index in [4.69, 9.17) is 11.6 Å². The Bertz CT molecular complexity index is 317. The fourth-order valence-corrected chi connectivity index (χ4v) is 1.65. The smallest absolute Gasteiger partial charge is 0.138 e. The van der Waals surface area contributed by atoms with Crippen LogP contribution in [-0.2, 0) is 0 Å². The summed E-state index contributed by atoms with van der Waals surface area (Å²) in [5.74, 6) is -0.419. The molecule has 72 valence electrons. The lowest BCUT2D eigenvalue weighted by molar-refractivity contribution is 0.173. The van der Waals surface area contributed by atoms with Gasteiger partial charge in [-0.25, -0.2) is 4.39 Å². The summed E-state index contributed by atoms with van der Waals surface area (Å²) in [6.07, 6.45) is -0.0814. The fraction of sp³-hybridized carbons (Fsp3) is 0.333. The first kappa shape index (κ1) is 11.0. The number of hydrogen-bond donors (Lipinski definition) is 1. The van der Waals surface area contributed by atoms with Crippen LogP contribution in [0.15, 0.2) is 16.6 Å². The summed E-state index contributed by atoms with van der Waals surface area (Å²) in [5, 5.41) is 9.76. The van der Waals surface area contributed by atoms with Gasteiger partial charge >= 0.3 is 0 Å². The lowest BCUT2D eigenvalue weighted by Crippen LogP contribution is -1.97. The van der Waals surface area contributed by atoms with E-state index < -0.39 is 11.9 Å². The highest BCUT2D eigenvalue weighted by Crippen LogP contribution is 2.30. The maximum absolute atomic E-state index is 12.9. The van der Waals surface area contributed by atoms with E-state index in [0.29, 0.717) is 16.5 Å². The van der Waals surface area contributed by atoms with E-state index in [-0.39, 0.29) is 5.02 Å². The Hall–Kier alpha value is -0.120. The molecule has 0 aliphatic heterocycles. The van der Waals surface area contributed by atoms with Crippen molar-refractivity contribution < 1.29 is 9.50 Å². The first-order valence-electron chi connectivity index (χ1n) is 3.88. The quantitative estimate of drug-likeness (QED) is 0.810. The zero-order chi connectivity index (χ0) is 10.0. The molecule has 13 heavy (non-hydrogen) atoms. The molecule has 1 atom stereocenters. The standard InChI is InChI=1S/C9H9BrClFO/c1-2-9(13)5-3-6(10)8(12)4-7(5)11/h3-4,9,13H,2H2,1H3. The minimum Gasteiger partial charge on any atom is -0.388 e. The van der Waals surface area contributed by atoms with Gasteiger partial charge in [0.1, 0.15) is 5.82 Å². The minimum absolute atomic E-state index is 0.259. The molecule has 0 aliphatic carbocycles. The van der Waals surface area contributed by atoms with Crippen molar-refractivity contribution in [2.45, 2.75) is 19.4 Å². The second-order valence-electron chi connectivity index (χ2n) is 2.71. The summed E-state index contributed by atoms with van der Waals surface area (Å²) in [5.41, 5.74) is 0.553. The lowest BCUT2D eigenvalue weighted by atomic mass is 10.1. The number of halogens is 3. The van der Waals surface area contributed by atoms with Crippen LogP contribution in [0.3, 0.4) is 0 Å². The summed E-state index contributed by atoms with van der Waals surface area (Å²) >= 11 is 8.79. The second-order valence-corrected chi connectivity index (χ2v) is 3.97. The molecule has 0 saturated heterocycles. The highest BCUT2D eigenvalue weighted by Gasteiger charge is 2.12. The van der Waals surface area contributed by atoms with Crippen molar-refractivity contribution in [2.24, 2.45) is 0 Å². The van der Waals surface area contributed by atoms with Crippen LogP contribution in [0.2, 0.25) is 5.02 Å². The van der Waals surface area contributed by atoms with Gasteiger partial charge in [-0.15, -0.1) is 0 Å². The van der Waals surface area contributed by atoms with E-state index in [1.807, 2.05) is 6.92 Å². The van der Waals surface area contributed by atoms with Crippen LogP contribution in [0.5, 0.6) is 0 Å². The maximum atomic E-state index is 12.9. The van der Waals surface area contributed by atoms with Gasteiger partial charge in [-0.05, 0) is 34.5 Å². The van der Waals surface area contributed by atoms with Crippen LogP contribution in [0.25, 0.3) is 0 Å². The second kappa shape index (κ2) is 4.40. The van der Waals surface area contributed by atoms with Gasteiger partial charge in [0.15, 0.2) is 0 Å². The third kappa shape index (κ3) is 2.42. The molecule has 0 amide bonds. The SMILES string of the molecule is CCC(O)c1cc(Br)c(F)cc1Cl. The van der Waals surface area contributed by atoms with E-state index in [1.54, 1.807) is 0 Å². The molecular weight excluding hydrogens is 258 g/mol. The van der Waals surface area contributed by atoms with E-state index in [0.717, 1.165) is 0 Å². The van der Waals surface area contributed by atoms with Gasteiger partial charge < -0.3 is 5.11 Å². The molecule has 0 radical (unpaired) electrons. The molecule has 1 rings (SSSR count). The molecule has 0 aliphatic rings. The number of aliphatic hydroxyl groups excluding tert-OH is 1. The molecule has 0 bridgehead atoms. The molecule has 0 aromatic heterocycles. The largest absolute Gasteiger partial charge is 0.388 e. The van der Waals surface area contributed by atoms with E-state index in [1.165, 1.54) is 12.1 Å². The molecule has 1 aromatic rings. The summed E-state index contributed by atoms with van der Waals surface area (Å²) in [7, 11) is 0. The number of aliphatic hydroxyl groups is 1. The Morgan fingerprint density at radius 2 is 2.23 bits per heavy atom. The average molecular weight is 268 g/mol. The van der Waals surface area contributed by atoms with Crippen LogP contribution in [0.4, 0.5) is 4.39 Å². The van der Waals surface area contributed by atoms with Gasteiger partial charge in [-0.3, -0.25) is 0 Å². The Kier molecular flexibility index (Phi) is 3.71. The Morgan fingerprint density at radius 3 is 2.77 bits per heavy atom. The lowest BCUT2D eigenvalue weighted by Gasteiger charge is -2.10. The van der Waals surface area contributed by atoms with Gasteiger partial charge in [0.25, 0.3) is 0 Å². The number of hydrogen-bond acceptors (Lipinski definition) is 1. The van der Waals surface area contributed by atoms with Crippen molar-refractivity contribution >= 4 is 27.5 Å². The summed E-state index contributed by atoms with van der Waals surface area (Å²) in [4.78, 5) is 0. The molecule has 0 heterocycles. The van der Waals surface area contributed by atoms with Gasteiger partial charge in [-0.2, -0.15) is 0 Å². The van der Waals surface area contributed by atoms with Crippen molar-refractivity contribution in [1.29, 1.82) is 0 Å². The highest BCUT2D eigenvalue weighted by molar-refractivity contribution is 9.10. The Morgan fingerprint density at radius 1 is 1.62 bits per heavy atom. The maximum Gasteiger partial charge on any atom is 0.138 e. The van der Waals surface area contributed by atoms with Gasteiger partial charge in [0, 0.05) is 10.6 Å². The highest BCUT2D eigenvalue weighted by atomic mass is 79.9. The molecular formula is C9H9BrClFO. The Labute approximate surface area is 89.7 Å². The monoisotopic (exact) mass is 266 g/mol. The van der Waals surface area contributed by atoms with Crippen LogP contribution in [0, 0.1) is 5.82 Å². The first-order chi connectivity index (χ1) is 6.06. The molecule has 4 heteroatoms. The van der Waals surface area contributed by atoms with E-state index >= 15 is 0 Å². The molecule has 1 unspecified atom stereocenters. The minimum atomic E-state index is -0.635. The molecule has 0 spiro atoms. The van der Waals surface area contributed by atoms with Crippen molar-refractivity contribution in [3.05, 3.63) is 33.0 Å². The number of rotatable bonds is 2. The third-order valence-corrected chi connectivity index (χ3v) is 2.72. The summed E-state index contributed by atoms with van der Waals surface area (Å²) in [6.45, 7) is 1.83. The van der Waals surface area contributed by atoms with E-state index in [9.17, 15) is 9.50 Å². The molecule has 0 saturated carbocycles. The van der Waals surface area contributed by atoms with Crippen LogP contribution >= 0.6 is 27.5 Å². The van der Waals surface area contributed by atoms with E-state index in [2.05, 4.69) is 15.9 Å². The zero-order valence-electron chi connectivity index (χ0n) is 7.02. The molecule has 1 aromatic carbocycles. The third-order valence-electron chi connectivity index (χ3n) is 1.79. The van der Waals surface area contributed by atoms with Crippen molar-refractivity contribution in [1.82, 2.24) is 0 Å².